The van der Waals surface area contributed by atoms with Crippen LogP contribution in [0.1, 0.15) is 56.2 Å². The lowest BCUT2D eigenvalue weighted by Crippen LogP contribution is -2.23. The highest BCUT2D eigenvalue weighted by Gasteiger charge is 2.26. The van der Waals surface area contributed by atoms with Gasteiger partial charge in [-0.2, -0.15) is 0 Å². The Balaban J connectivity index is 0.000000110. The molecule has 12 heterocycles. The zero-order valence-corrected chi connectivity index (χ0v) is 77.3. The lowest BCUT2D eigenvalue weighted by molar-refractivity contribution is -0.385. The number of anilines is 6. The van der Waals surface area contributed by atoms with Crippen LogP contribution in [-0.2, 0) is 39.3 Å². The van der Waals surface area contributed by atoms with Crippen molar-refractivity contribution in [3.05, 3.63) is 424 Å². The van der Waals surface area contributed by atoms with Crippen LogP contribution in [0.3, 0.4) is 0 Å². The average Bonchev–Trinajstić information content (AvgIpc) is 1.62. The molecule has 24 rings (SSSR count). The van der Waals surface area contributed by atoms with Crippen molar-refractivity contribution >= 4 is 170 Å². The summed E-state index contributed by atoms with van der Waals surface area (Å²) < 4.78 is 70.3. The van der Waals surface area contributed by atoms with Gasteiger partial charge in [-0.1, -0.05) is 193 Å². The number of hydrogen-bond acceptors (Lipinski definition) is 27. The standard InChI is InChI=1S/C18H15N5O2.C17H15N5O.C16H11Cl2N5O.C16H9F4N5O.C16H12N6O3.C16H13N5O/c1-11(24)13-7-8-15-14(9-13)20-16(19)17-21-22(18(25)23(15)17)10-12-5-3-2-4-6-12;1-11-6-5-9-13-14(11)19-15(18)16-20-21(17(23)22(13)16)10-12-7-3-2-4-8-12;17-10-4-3-5-11(18)9(10)8-22-16(24)23-13-7-2-1-6-12(13)20-14(19)15(23)21-22;17-8-2-1-3-9(18)7(8)6-24-16(26)25-13-5-11(20)10(19)4-12(13)22-14(21)15(25)23-24;17-14-15-19-20(9-10-5-1-3-7-12(10)22(24)25)16(23)21(15)13-8-4-2-6-11(13)18-14;17-14-15-19-20(10-11-6-2-1-3-7-11)16(22)21(15)13-9-5-4-8-12(13)18-14/h2-9H,10H2,1H3,(H2,19,20);2-9H,10H2,1H3,(H2,18,19);1-7H,8H2,(H2,19,20);1-5H,6H2,(H2,21,22);1-8H,9H2,(H2,17,18);1-9H,10H2,(H2,17,18). The van der Waals surface area contributed by atoms with E-state index in [4.69, 9.17) is 57.6 Å². The van der Waals surface area contributed by atoms with E-state index >= 15 is 0 Å². The minimum Gasteiger partial charge on any atom is -0.381 e. The fourth-order valence-corrected chi connectivity index (χ4v) is 16.9. The van der Waals surface area contributed by atoms with Gasteiger partial charge in [0.25, 0.3) is 5.69 Å². The van der Waals surface area contributed by atoms with Crippen LogP contribution >= 0.6 is 23.2 Å². The van der Waals surface area contributed by atoms with Gasteiger partial charge in [-0.3, -0.25) is 14.9 Å². The number of nitro benzene ring substituents is 1. The summed E-state index contributed by atoms with van der Waals surface area (Å²) in [4.78, 5) is 124. The van der Waals surface area contributed by atoms with E-state index in [0.717, 1.165) is 71.3 Å². The number of nitro groups is 1. The molecule has 0 bridgehead atoms. The number of benzene rings is 12. The van der Waals surface area contributed by atoms with Gasteiger partial charge in [-0.05, 0) is 121 Å². The summed E-state index contributed by atoms with van der Waals surface area (Å²) >= 11 is 12.4. The van der Waals surface area contributed by atoms with Crippen molar-refractivity contribution in [3.63, 3.8) is 0 Å². The van der Waals surface area contributed by atoms with Gasteiger partial charge in [-0.15, -0.1) is 30.6 Å². The highest BCUT2D eigenvalue weighted by molar-refractivity contribution is 6.36. The lowest BCUT2D eigenvalue weighted by atomic mass is 10.1. The Bertz CT molecular complexity index is 9710. The maximum Gasteiger partial charge on any atom is 0.351 e. The summed E-state index contributed by atoms with van der Waals surface area (Å²) in [6, 6.07) is 77.7. The average molecular weight is 1990 g/mol. The fourth-order valence-electron chi connectivity index (χ4n) is 16.4. The number of carbonyl (C=O) groups is 1. The smallest absolute Gasteiger partial charge is 0.351 e. The normalized spacial score (nSPS) is 11.3. The number of rotatable bonds is 14. The third kappa shape index (κ3) is 18.3. The highest BCUT2D eigenvalue weighted by atomic mass is 35.5. The molecule has 0 spiro atoms. The fraction of sp³-hybridized carbons (Fsp3) is 0.0808. The topological polar surface area (TPSA) is 529 Å². The molecule has 12 aromatic heterocycles. The van der Waals surface area contributed by atoms with Gasteiger partial charge in [0, 0.05) is 44.9 Å². The van der Waals surface area contributed by atoms with Crippen LogP contribution in [0, 0.1) is 40.3 Å². The third-order valence-corrected chi connectivity index (χ3v) is 24.0. The molecule has 46 heteroatoms. The molecule has 0 amide bonds. The molecule has 0 unspecified atom stereocenters. The number of carbonyl (C=O) groups excluding carboxylic acids is 1. The van der Waals surface area contributed by atoms with Crippen molar-refractivity contribution < 1.29 is 27.3 Å². The molecule has 0 saturated heterocycles. The molecule has 0 saturated carbocycles. The molecule has 0 aliphatic rings. The van der Waals surface area contributed by atoms with E-state index in [1.807, 2.05) is 153 Å². The number of nitrogens with zero attached hydrogens (tertiary/aromatic N) is 25. The number of aromatic nitrogens is 24. The summed E-state index contributed by atoms with van der Waals surface area (Å²) in [6.45, 7) is 4.16. The maximum atomic E-state index is 13.8. The molecule has 0 aliphatic heterocycles. The second-order valence-corrected chi connectivity index (χ2v) is 33.6. The molecule has 0 radical (unpaired) electrons. The molecule has 40 nitrogen and oxygen atoms in total. The molecule has 0 fully saturated rings. The number of halogens is 6. The number of ketones is 1. The maximum absolute atomic E-state index is 13.8. The number of aryl methyl sites for hydroxylation is 1. The van der Waals surface area contributed by atoms with E-state index < -0.39 is 46.1 Å². The quantitative estimate of drug-likeness (QED) is 0.0255. The molecule has 24 aromatic rings. The van der Waals surface area contributed by atoms with Crippen molar-refractivity contribution in [1.82, 2.24) is 115 Å². The Labute approximate surface area is 818 Å². The van der Waals surface area contributed by atoms with Crippen LogP contribution in [0.15, 0.2) is 302 Å². The first-order valence-corrected chi connectivity index (χ1v) is 44.7. The minimum absolute atomic E-state index is 0.0363. The molecular formula is C99H75Cl2F4N31O9. The van der Waals surface area contributed by atoms with Gasteiger partial charge in [0.1, 0.15) is 11.6 Å². The number of fused-ring (bicyclic) bond motifs is 18. The van der Waals surface area contributed by atoms with Crippen molar-refractivity contribution in [2.75, 3.05) is 34.4 Å². The van der Waals surface area contributed by atoms with Crippen molar-refractivity contribution in [2.24, 2.45) is 0 Å². The molecule has 722 valence electrons. The highest BCUT2D eigenvalue weighted by Crippen LogP contribution is 2.30. The zero-order chi connectivity index (χ0) is 102. The van der Waals surface area contributed by atoms with E-state index in [1.165, 1.54) is 59.8 Å². The Hall–Kier alpha value is -19.5. The Morgan fingerprint density at radius 3 is 1.04 bits per heavy atom. The summed E-state index contributed by atoms with van der Waals surface area (Å²) in [5.41, 5.74) is 45.9. The minimum atomic E-state index is -1.19. The first-order chi connectivity index (χ1) is 69.9. The molecule has 12 aromatic carbocycles. The Morgan fingerprint density at radius 2 is 0.628 bits per heavy atom. The van der Waals surface area contributed by atoms with Gasteiger partial charge >= 0.3 is 34.1 Å². The van der Waals surface area contributed by atoms with Crippen molar-refractivity contribution in [3.8, 4) is 0 Å². The SMILES string of the molecule is CC(=O)c1ccc2c(c1)nc(N)c1nn(Cc3ccccc3)c(=O)n12.Cc1cccc2c1nc(N)c1nn(Cc3ccccc3)c(=O)n12.Nc1nc2cc(F)c(F)cc2n2c(=O)n(Cc3c(F)cccc3F)nc12.Nc1nc2ccccc2n2c(=O)n(Cc3c(Cl)cccc3Cl)nc12.Nc1nc2ccccc2n2c(=O)n(Cc3ccccc3)nc12.Nc1nc2ccccc2n2c(=O)n(Cc3ccccc3[N+](=O)[O-])nc12. The first-order valence-electron chi connectivity index (χ1n) is 43.9. The van der Waals surface area contributed by atoms with Gasteiger partial charge in [0.15, 0.2) is 52.3 Å². The predicted molar refractivity (Wildman–Crippen MR) is 540 cm³/mol. The number of nitrogens with two attached hydrogens (primary N) is 6. The molecule has 12 N–H and O–H groups in total. The second-order valence-electron chi connectivity index (χ2n) is 32.7. The van der Waals surface area contributed by atoms with Crippen LogP contribution in [-0.4, -0.2) is 126 Å². The number of nitrogen functional groups attached to an aromatic ring is 6. The monoisotopic (exact) mass is 1990 g/mol. The molecular weight excluding hydrogens is 1910 g/mol. The van der Waals surface area contributed by atoms with Crippen LogP contribution < -0.4 is 68.5 Å². The summed E-state index contributed by atoms with van der Waals surface area (Å²) in [7, 11) is 0. The predicted octanol–water partition coefficient (Wildman–Crippen LogP) is 12.3. The summed E-state index contributed by atoms with van der Waals surface area (Å²) in [6.07, 6.45) is 0. The van der Waals surface area contributed by atoms with Gasteiger partial charge in [-0.25, -0.2) is 131 Å². The zero-order valence-electron chi connectivity index (χ0n) is 75.8. The summed E-state index contributed by atoms with van der Waals surface area (Å²) in [5, 5.41) is 37.6. The van der Waals surface area contributed by atoms with E-state index in [0.29, 0.717) is 113 Å². The second kappa shape index (κ2) is 39.0. The Kier molecular flexibility index (Phi) is 25.4. The number of hydrogen-bond donors (Lipinski definition) is 6. The van der Waals surface area contributed by atoms with Crippen molar-refractivity contribution in [2.45, 2.75) is 53.1 Å². The Morgan fingerprint density at radius 1 is 0.317 bits per heavy atom. The van der Waals surface area contributed by atoms with Crippen molar-refractivity contribution in [1.29, 1.82) is 0 Å². The number of Topliss-reactive ketones (excluding diaryl/α,β-unsaturated/α-hetero) is 1. The molecule has 145 heavy (non-hydrogen) atoms. The van der Waals surface area contributed by atoms with E-state index in [9.17, 15) is 61.2 Å². The van der Waals surface area contributed by atoms with Gasteiger partial charge < -0.3 is 34.4 Å². The van der Waals surface area contributed by atoms with Gasteiger partial charge in [0.2, 0.25) is 33.9 Å². The van der Waals surface area contributed by atoms with E-state index in [1.54, 1.807) is 91.0 Å². The lowest BCUT2D eigenvalue weighted by Gasteiger charge is -2.05. The molecule has 0 atom stereocenters. The van der Waals surface area contributed by atoms with Crippen LogP contribution in [0.2, 0.25) is 10.0 Å². The van der Waals surface area contributed by atoms with Gasteiger partial charge in [0.05, 0.1) is 116 Å². The number of para-hydroxylation sites is 8. The van der Waals surface area contributed by atoms with E-state index in [-0.39, 0.29) is 110 Å². The third-order valence-electron chi connectivity index (χ3n) is 23.3. The van der Waals surface area contributed by atoms with Crippen LogP contribution in [0.4, 0.5) is 58.2 Å². The molecule has 0 aliphatic carbocycles. The first kappa shape index (κ1) is 94.4. The van der Waals surface area contributed by atoms with Crippen LogP contribution in [0.5, 0.6) is 0 Å². The van der Waals surface area contributed by atoms with E-state index in [2.05, 4.69) is 60.5 Å². The largest absolute Gasteiger partial charge is 0.381 e. The summed E-state index contributed by atoms with van der Waals surface area (Å²) in [5.74, 6) is -3.36. The van der Waals surface area contributed by atoms with Crippen LogP contribution in [0.25, 0.3) is 100 Å².